The van der Waals surface area contributed by atoms with E-state index in [0.717, 1.165) is 25.7 Å². The molecule has 1 aliphatic rings. The topological polar surface area (TPSA) is 52.6 Å². The second-order valence-corrected chi connectivity index (χ2v) is 7.60. The fraction of sp³-hybridized carbons (Fsp3) is 0.889. The summed E-state index contributed by atoms with van der Waals surface area (Å²) in [6, 6.07) is 0. The van der Waals surface area contributed by atoms with Crippen molar-refractivity contribution in [2.75, 3.05) is 6.61 Å². The monoisotopic (exact) mass is 348 g/mol. The average molecular weight is 348 g/mol. The second kappa shape index (κ2) is 8.26. The normalized spacial score (nSPS) is 17.6. The van der Waals surface area contributed by atoms with Crippen LogP contribution < -0.4 is 0 Å². The molecule has 0 N–H and O–H groups in total. The van der Waals surface area contributed by atoms with Crippen molar-refractivity contribution in [3.05, 3.63) is 0 Å². The van der Waals surface area contributed by atoms with Gasteiger partial charge in [0, 0.05) is 13.3 Å². The number of hydrogen-bond acceptors (Lipinski definition) is 4. The standard InChI is InChI=1S/C18H30F2O4/c1-5-16(2,3)15(22)24-18(10-6-7-11-18)12-8-9-14(21)23-13-17(4,19)20/h5-13H2,1-4H3. The first-order chi connectivity index (χ1) is 11.0. The minimum absolute atomic E-state index is 0.0621. The highest BCUT2D eigenvalue weighted by Gasteiger charge is 2.40. The lowest BCUT2D eigenvalue weighted by molar-refractivity contribution is -0.171. The third kappa shape index (κ3) is 6.73. The van der Waals surface area contributed by atoms with E-state index in [1.54, 1.807) is 0 Å². The summed E-state index contributed by atoms with van der Waals surface area (Å²) >= 11 is 0. The first kappa shape index (κ1) is 20.8. The number of carbonyl (C=O) groups excluding carboxylic acids is 2. The van der Waals surface area contributed by atoms with Crippen LogP contribution in [0.3, 0.4) is 0 Å². The number of ether oxygens (including phenoxy) is 2. The Hall–Kier alpha value is -1.20. The molecule has 1 aliphatic carbocycles. The second-order valence-electron chi connectivity index (χ2n) is 7.60. The zero-order chi connectivity index (χ0) is 18.4. The molecule has 0 spiro atoms. The molecule has 0 amide bonds. The van der Waals surface area contributed by atoms with Crippen LogP contribution >= 0.6 is 0 Å². The van der Waals surface area contributed by atoms with E-state index in [9.17, 15) is 18.4 Å². The Morgan fingerprint density at radius 1 is 1.12 bits per heavy atom. The minimum atomic E-state index is -3.01. The molecule has 0 aromatic rings. The molecule has 140 valence electrons. The summed E-state index contributed by atoms with van der Waals surface area (Å²) in [5, 5.41) is 0. The van der Waals surface area contributed by atoms with Crippen molar-refractivity contribution in [1.29, 1.82) is 0 Å². The summed E-state index contributed by atoms with van der Waals surface area (Å²) in [6.07, 6.45) is 5.36. The fourth-order valence-corrected chi connectivity index (χ4v) is 2.74. The maximum Gasteiger partial charge on any atom is 0.312 e. The van der Waals surface area contributed by atoms with Crippen molar-refractivity contribution in [1.82, 2.24) is 0 Å². The van der Waals surface area contributed by atoms with Gasteiger partial charge < -0.3 is 9.47 Å². The van der Waals surface area contributed by atoms with Crippen molar-refractivity contribution >= 4 is 11.9 Å². The van der Waals surface area contributed by atoms with Gasteiger partial charge in [0.15, 0.2) is 6.61 Å². The number of hydrogen-bond donors (Lipinski definition) is 0. The van der Waals surface area contributed by atoms with Gasteiger partial charge in [-0.25, -0.2) is 8.78 Å². The fourth-order valence-electron chi connectivity index (χ4n) is 2.74. The molecule has 6 heteroatoms. The van der Waals surface area contributed by atoms with Gasteiger partial charge in [0.25, 0.3) is 5.92 Å². The van der Waals surface area contributed by atoms with E-state index in [-0.39, 0.29) is 12.4 Å². The van der Waals surface area contributed by atoms with Crippen LogP contribution in [0.4, 0.5) is 8.78 Å². The molecule has 4 nitrogen and oxygen atoms in total. The Balaban J connectivity index is 2.49. The van der Waals surface area contributed by atoms with Gasteiger partial charge in [-0.2, -0.15) is 0 Å². The van der Waals surface area contributed by atoms with Crippen LogP contribution in [0.2, 0.25) is 0 Å². The third-order valence-electron chi connectivity index (χ3n) is 4.76. The minimum Gasteiger partial charge on any atom is -0.459 e. The Morgan fingerprint density at radius 3 is 2.21 bits per heavy atom. The van der Waals surface area contributed by atoms with E-state index in [2.05, 4.69) is 4.74 Å². The van der Waals surface area contributed by atoms with Gasteiger partial charge >= 0.3 is 11.9 Å². The van der Waals surface area contributed by atoms with Crippen LogP contribution in [0.1, 0.15) is 79.1 Å². The SMILES string of the molecule is CCC(C)(C)C(=O)OC1(CCCC(=O)OCC(C)(F)F)CCCC1. The van der Waals surface area contributed by atoms with Crippen LogP contribution in [-0.4, -0.2) is 30.1 Å². The first-order valence-electron chi connectivity index (χ1n) is 8.77. The molecule has 0 radical (unpaired) electrons. The van der Waals surface area contributed by atoms with E-state index in [1.807, 2.05) is 20.8 Å². The van der Waals surface area contributed by atoms with E-state index in [0.29, 0.717) is 26.2 Å². The molecule has 1 saturated carbocycles. The van der Waals surface area contributed by atoms with Gasteiger partial charge in [-0.15, -0.1) is 0 Å². The van der Waals surface area contributed by atoms with Gasteiger partial charge in [0.2, 0.25) is 0 Å². The van der Waals surface area contributed by atoms with Crippen LogP contribution in [0, 0.1) is 5.41 Å². The molecule has 0 unspecified atom stereocenters. The van der Waals surface area contributed by atoms with Gasteiger partial charge in [-0.3, -0.25) is 9.59 Å². The zero-order valence-corrected chi connectivity index (χ0v) is 15.3. The molecule has 24 heavy (non-hydrogen) atoms. The van der Waals surface area contributed by atoms with E-state index >= 15 is 0 Å². The summed E-state index contributed by atoms with van der Waals surface area (Å²) < 4.78 is 35.7. The average Bonchev–Trinajstić information content (AvgIpc) is 2.93. The maximum atomic E-state index is 12.7. The lowest BCUT2D eigenvalue weighted by Gasteiger charge is -2.33. The third-order valence-corrected chi connectivity index (χ3v) is 4.76. The van der Waals surface area contributed by atoms with E-state index in [4.69, 9.17) is 4.74 Å². The number of carbonyl (C=O) groups is 2. The summed E-state index contributed by atoms with van der Waals surface area (Å²) in [6.45, 7) is 5.49. The molecule has 0 aromatic heterocycles. The lowest BCUT2D eigenvalue weighted by Crippen LogP contribution is -2.38. The summed E-state index contributed by atoms with van der Waals surface area (Å²) in [7, 11) is 0. The van der Waals surface area contributed by atoms with Gasteiger partial charge in [-0.05, 0) is 58.8 Å². The molecule has 1 rings (SSSR count). The summed E-state index contributed by atoms with van der Waals surface area (Å²) in [5.41, 5.74) is -1.04. The predicted octanol–water partition coefficient (Wildman–Crippen LogP) is 4.65. The van der Waals surface area contributed by atoms with Crippen LogP contribution in [0.15, 0.2) is 0 Å². The van der Waals surface area contributed by atoms with Crippen molar-refractivity contribution in [3.63, 3.8) is 0 Å². The van der Waals surface area contributed by atoms with Crippen molar-refractivity contribution in [2.45, 2.75) is 90.6 Å². The molecule has 0 saturated heterocycles. The van der Waals surface area contributed by atoms with Crippen LogP contribution in [0.5, 0.6) is 0 Å². The lowest BCUT2D eigenvalue weighted by atomic mass is 9.89. The highest BCUT2D eigenvalue weighted by molar-refractivity contribution is 5.76. The molecule has 1 fully saturated rings. The molecule has 0 atom stereocenters. The molecule has 0 aromatic carbocycles. The number of halogens is 2. The quantitative estimate of drug-likeness (QED) is 0.569. The number of esters is 2. The van der Waals surface area contributed by atoms with Gasteiger partial charge in [-0.1, -0.05) is 6.92 Å². The Kier molecular flexibility index (Phi) is 7.17. The van der Waals surface area contributed by atoms with Crippen molar-refractivity contribution in [3.8, 4) is 0 Å². The maximum absolute atomic E-state index is 12.7. The van der Waals surface area contributed by atoms with Gasteiger partial charge in [0.1, 0.15) is 5.60 Å². The zero-order valence-electron chi connectivity index (χ0n) is 15.3. The number of rotatable bonds is 9. The highest BCUT2D eigenvalue weighted by atomic mass is 19.3. The molecular formula is C18H30F2O4. The molecule has 0 aliphatic heterocycles. The highest BCUT2D eigenvalue weighted by Crippen LogP contribution is 2.39. The van der Waals surface area contributed by atoms with Crippen molar-refractivity contribution in [2.24, 2.45) is 5.41 Å². The largest absolute Gasteiger partial charge is 0.459 e. The molecule has 0 bridgehead atoms. The Labute approximate surface area is 143 Å². The Morgan fingerprint density at radius 2 is 1.71 bits per heavy atom. The van der Waals surface area contributed by atoms with Crippen molar-refractivity contribution < 1.29 is 27.8 Å². The smallest absolute Gasteiger partial charge is 0.312 e. The summed E-state index contributed by atoms with van der Waals surface area (Å²) in [5.74, 6) is -3.85. The molecule has 0 heterocycles. The first-order valence-corrected chi connectivity index (χ1v) is 8.77. The van der Waals surface area contributed by atoms with E-state index in [1.165, 1.54) is 0 Å². The predicted molar refractivity (Wildman–Crippen MR) is 86.8 cm³/mol. The Bertz CT molecular complexity index is 435. The molecular weight excluding hydrogens is 318 g/mol. The number of alkyl halides is 2. The van der Waals surface area contributed by atoms with Crippen LogP contribution in [0.25, 0.3) is 0 Å². The van der Waals surface area contributed by atoms with Crippen LogP contribution in [-0.2, 0) is 19.1 Å². The summed E-state index contributed by atoms with van der Waals surface area (Å²) in [4.78, 5) is 23.9. The van der Waals surface area contributed by atoms with Gasteiger partial charge in [0.05, 0.1) is 5.41 Å². The van der Waals surface area contributed by atoms with E-state index < -0.39 is 29.5 Å².